The summed E-state index contributed by atoms with van der Waals surface area (Å²) in [5.41, 5.74) is 1.27. The van der Waals surface area contributed by atoms with Gasteiger partial charge in [0.2, 0.25) is 5.91 Å². The zero-order valence-electron chi connectivity index (χ0n) is 9.84. The van der Waals surface area contributed by atoms with E-state index in [1.165, 1.54) is 5.69 Å². The minimum atomic E-state index is 0.166. The lowest BCUT2D eigenvalue weighted by Gasteiger charge is -2.32. The lowest BCUT2D eigenvalue weighted by Crippen LogP contribution is -2.43. The molecule has 0 aromatic carbocycles. The second kappa shape index (κ2) is 4.72. The van der Waals surface area contributed by atoms with E-state index in [4.69, 9.17) is 0 Å². The van der Waals surface area contributed by atoms with Gasteiger partial charge in [0.15, 0.2) is 0 Å². The highest BCUT2D eigenvalue weighted by atomic mass is 32.2. The van der Waals surface area contributed by atoms with Gasteiger partial charge >= 0.3 is 0 Å². The van der Waals surface area contributed by atoms with Gasteiger partial charge < -0.3 is 9.47 Å². The van der Waals surface area contributed by atoms with Crippen LogP contribution in [0.4, 0.5) is 0 Å². The van der Waals surface area contributed by atoms with Crippen molar-refractivity contribution in [1.82, 2.24) is 14.5 Å². The highest BCUT2D eigenvalue weighted by molar-refractivity contribution is 7.99. The normalized spacial score (nSPS) is 24.5. The molecule has 1 amide bonds. The average Bonchev–Trinajstić information content (AvgIpc) is 2.86. The van der Waals surface area contributed by atoms with Crippen molar-refractivity contribution in [2.75, 3.05) is 24.6 Å². The number of aromatic nitrogens is 2. The van der Waals surface area contributed by atoms with Gasteiger partial charge in [-0.05, 0) is 12.8 Å². The Balaban J connectivity index is 1.67. The van der Waals surface area contributed by atoms with Crippen molar-refractivity contribution >= 4 is 17.7 Å². The van der Waals surface area contributed by atoms with Gasteiger partial charge in [-0.25, -0.2) is 4.98 Å². The number of carbonyl (C=O) groups excluding carboxylic acids is 1. The third-order valence-corrected chi connectivity index (χ3v) is 4.58. The van der Waals surface area contributed by atoms with E-state index in [2.05, 4.69) is 9.55 Å². The molecule has 17 heavy (non-hydrogen) atoms. The van der Waals surface area contributed by atoms with Crippen LogP contribution < -0.4 is 0 Å². The van der Waals surface area contributed by atoms with Gasteiger partial charge in [0.1, 0.15) is 0 Å². The molecule has 92 valence electrons. The molecule has 2 aliphatic heterocycles. The van der Waals surface area contributed by atoms with Gasteiger partial charge in [-0.1, -0.05) is 0 Å². The monoisotopic (exact) mass is 251 g/mol. The summed E-state index contributed by atoms with van der Waals surface area (Å²) in [6, 6.07) is 0. The molecule has 1 atom stereocenters. The molecule has 1 saturated heterocycles. The Labute approximate surface area is 105 Å². The third kappa shape index (κ3) is 2.20. The van der Waals surface area contributed by atoms with Crippen molar-refractivity contribution in [3.05, 3.63) is 18.2 Å². The number of thioether (sulfide) groups is 1. The smallest absolute Gasteiger partial charge is 0.227 e. The second-order valence-electron chi connectivity index (χ2n) is 4.71. The molecule has 1 aromatic rings. The number of rotatable bonds is 1. The van der Waals surface area contributed by atoms with Crippen molar-refractivity contribution in [2.24, 2.45) is 5.92 Å². The first-order valence-corrected chi connectivity index (χ1v) is 7.35. The van der Waals surface area contributed by atoms with Crippen LogP contribution in [-0.4, -0.2) is 45.0 Å². The molecule has 3 heterocycles. The molecule has 0 saturated carbocycles. The highest BCUT2D eigenvalue weighted by Crippen LogP contribution is 2.22. The molecule has 2 aliphatic rings. The van der Waals surface area contributed by atoms with Crippen LogP contribution in [0.1, 0.15) is 12.1 Å². The molecule has 0 bridgehead atoms. The van der Waals surface area contributed by atoms with E-state index in [1.54, 1.807) is 0 Å². The van der Waals surface area contributed by atoms with Gasteiger partial charge in [0.05, 0.1) is 12.2 Å². The van der Waals surface area contributed by atoms with Gasteiger partial charge in [-0.2, -0.15) is 11.8 Å². The second-order valence-corrected chi connectivity index (χ2v) is 5.94. The molecule has 0 spiro atoms. The number of carbonyl (C=O) groups is 1. The first kappa shape index (κ1) is 11.1. The first-order chi connectivity index (χ1) is 8.34. The fraction of sp³-hybridized carbons (Fsp3) is 0.667. The Hall–Kier alpha value is -0.970. The van der Waals surface area contributed by atoms with E-state index in [1.807, 2.05) is 29.2 Å². The number of amides is 1. The molecule has 4 nitrogen and oxygen atoms in total. The number of fused-ring (bicyclic) bond motifs is 1. The van der Waals surface area contributed by atoms with Gasteiger partial charge in [-0.3, -0.25) is 4.79 Å². The SMILES string of the molecule is O=C(C1CCc2cncn2C1)N1CCSCC1. The lowest BCUT2D eigenvalue weighted by molar-refractivity contribution is -0.136. The minimum Gasteiger partial charge on any atom is -0.341 e. The van der Waals surface area contributed by atoms with Crippen LogP contribution in [-0.2, 0) is 17.8 Å². The van der Waals surface area contributed by atoms with E-state index in [0.717, 1.165) is 44.0 Å². The van der Waals surface area contributed by atoms with Crippen molar-refractivity contribution in [3.8, 4) is 0 Å². The van der Waals surface area contributed by atoms with E-state index >= 15 is 0 Å². The molecular formula is C12H17N3OS. The average molecular weight is 251 g/mol. The summed E-state index contributed by atoms with van der Waals surface area (Å²) in [4.78, 5) is 18.6. The molecule has 5 heteroatoms. The van der Waals surface area contributed by atoms with Crippen molar-refractivity contribution in [3.63, 3.8) is 0 Å². The number of hydrogen-bond donors (Lipinski definition) is 0. The molecule has 3 rings (SSSR count). The number of hydrogen-bond acceptors (Lipinski definition) is 3. The molecule has 1 fully saturated rings. The van der Waals surface area contributed by atoms with Crippen molar-refractivity contribution in [1.29, 1.82) is 0 Å². The van der Waals surface area contributed by atoms with Gasteiger partial charge in [-0.15, -0.1) is 0 Å². The van der Waals surface area contributed by atoms with Crippen molar-refractivity contribution in [2.45, 2.75) is 19.4 Å². The van der Waals surface area contributed by atoms with Crippen LogP contribution in [0, 0.1) is 5.92 Å². The van der Waals surface area contributed by atoms with Crippen LogP contribution in [0.25, 0.3) is 0 Å². The first-order valence-electron chi connectivity index (χ1n) is 6.20. The zero-order valence-corrected chi connectivity index (χ0v) is 10.7. The van der Waals surface area contributed by atoms with Gasteiger partial charge in [0, 0.05) is 43.0 Å². The number of aryl methyl sites for hydroxylation is 1. The van der Waals surface area contributed by atoms with Crippen LogP contribution in [0.3, 0.4) is 0 Å². The Bertz CT molecular complexity index is 412. The molecule has 1 aromatic heterocycles. The van der Waals surface area contributed by atoms with E-state index in [0.29, 0.717) is 5.91 Å². The predicted octanol–water partition coefficient (Wildman–Crippen LogP) is 1.02. The van der Waals surface area contributed by atoms with Crippen LogP contribution in [0.15, 0.2) is 12.5 Å². The Morgan fingerprint density at radius 1 is 1.41 bits per heavy atom. The van der Waals surface area contributed by atoms with E-state index in [9.17, 15) is 4.79 Å². The topological polar surface area (TPSA) is 38.1 Å². The highest BCUT2D eigenvalue weighted by Gasteiger charge is 2.28. The maximum absolute atomic E-state index is 12.4. The molecule has 0 N–H and O–H groups in total. The summed E-state index contributed by atoms with van der Waals surface area (Å²) >= 11 is 1.94. The molecular weight excluding hydrogens is 234 g/mol. The van der Waals surface area contributed by atoms with Crippen LogP contribution >= 0.6 is 11.8 Å². The summed E-state index contributed by atoms with van der Waals surface area (Å²) < 4.78 is 2.13. The molecule has 0 aliphatic carbocycles. The lowest BCUT2D eigenvalue weighted by atomic mass is 9.96. The maximum Gasteiger partial charge on any atom is 0.227 e. The summed E-state index contributed by atoms with van der Waals surface area (Å²) in [6.07, 6.45) is 5.73. The Morgan fingerprint density at radius 2 is 2.24 bits per heavy atom. The van der Waals surface area contributed by atoms with Gasteiger partial charge in [0.25, 0.3) is 0 Å². The summed E-state index contributed by atoms with van der Waals surface area (Å²) in [5, 5.41) is 0. The predicted molar refractivity (Wildman–Crippen MR) is 67.9 cm³/mol. The summed E-state index contributed by atoms with van der Waals surface area (Å²) in [5.74, 6) is 2.70. The fourth-order valence-electron chi connectivity index (χ4n) is 2.62. The Kier molecular flexibility index (Phi) is 3.09. The fourth-order valence-corrected chi connectivity index (χ4v) is 3.52. The number of nitrogens with zero attached hydrogens (tertiary/aromatic N) is 3. The largest absolute Gasteiger partial charge is 0.341 e. The quantitative estimate of drug-likeness (QED) is 0.748. The number of imidazole rings is 1. The minimum absolute atomic E-state index is 0.166. The van der Waals surface area contributed by atoms with E-state index < -0.39 is 0 Å². The van der Waals surface area contributed by atoms with Crippen LogP contribution in [0.5, 0.6) is 0 Å². The summed E-state index contributed by atoms with van der Waals surface area (Å²) in [7, 11) is 0. The van der Waals surface area contributed by atoms with Crippen LogP contribution in [0.2, 0.25) is 0 Å². The third-order valence-electron chi connectivity index (χ3n) is 3.64. The summed E-state index contributed by atoms with van der Waals surface area (Å²) in [6.45, 7) is 2.67. The zero-order chi connectivity index (χ0) is 11.7. The molecule has 1 unspecified atom stereocenters. The maximum atomic E-state index is 12.4. The Morgan fingerprint density at radius 3 is 3.06 bits per heavy atom. The van der Waals surface area contributed by atoms with Crippen molar-refractivity contribution < 1.29 is 4.79 Å². The molecule has 0 radical (unpaired) electrons. The standard InChI is InChI=1S/C12H17N3OS/c16-12(14-3-5-17-6-4-14)10-1-2-11-7-13-9-15(11)8-10/h7,9-10H,1-6,8H2. The van der Waals surface area contributed by atoms with E-state index in [-0.39, 0.29) is 5.92 Å².